The summed E-state index contributed by atoms with van der Waals surface area (Å²) in [6.07, 6.45) is 0. The van der Waals surface area contributed by atoms with Gasteiger partial charge in [0.25, 0.3) is 0 Å². The van der Waals surface area contributed by atoms with Crippen LogP contribution >= 0.6 is 0 Å². The number of methoxy groups -OCH3 is 1. The summed E-state index contributed by atoms with van der Waals surface area (Å²) >= 11 is 0. The quantitative estimate of drug-likeness (QED) is 0.821. The molecule has 0 bridgehead atoms. The first-order valence-electron chi connectivity index (χ1n) is 6.27. The van der Waals surface area contributed by atoms with Gasteiger partial charge in [-0.25, -0.2) is 0 Å². The van der Waals surface area contributed by atoms with Crippen LogP contribution in [0, 0.1) is 6.92 Å². The fourth-order valence-electron chi connectivity index (χ4n) is 2.01. The summed E-state index contributed by atoms with van der Waals surface area (Å²) in [5.74, 6) is 2.82. The van der Waals surface area contributed by atoms with E-state index in [4.69, 9.17) is 4.74 Å². The Hall–Kier alpha value is -1.88. The third-order valence-electron chi connectivity index (χ3n) is 3.23. The molecular formula is C14H20N4O. The fraction of sp³-hybridized carbons (Fsp3) is 0.429. The molecule has 1 heterocycles. The first-order valence-corrected chi connectivity index (χ1v) is 6.27. The zero-order valence-corrected chi connectivity index (χ0v) is 11.9. The zero-order chi connectivity index (χ0) is 13.8. The molecule has 102 valence electrons. The predicted octanol–water partition coefficient (Wildman–Crippen LogP) is 1.76. The van der Waals surface area contributed by atoms with Crippen molar-refractivity contribution in [2.75, 3.05) is 14.2 Å². The molecule has 5 heteroatoms. The summed E-state index contributed by atoms with van der Waals surface area (Å²) in [5, 5.41) is 8.25. The second-order valence-corrected chi connectivity index (χ2v) is 4.71. The van der Waals surface area contributed by atoms with Crippen LogP contribution in [0.25, 0.3) is 0 Å². The second-order valence-electron chi connectivity index (χ2n) is 4.71. The van der Waals surface area contributed by atoms with Crippen molar-refractivity contribution < 1.29 is 4.74 Å². The largest absolute Gasteiger partial charge is 0.496 e. The first kappa shape index (κ1) is 13.5. The van der Waals surface area contributed by atoms with Crippen molar-refractivity contribution in [2.24, 2.45) is 7.05 Å². The lowest BCUT2D eigenvalue weighted by atomic mass is 10.2. The molecule has 2 aromatic rings. The average Bonchev–Trinajstić information content (AvgIpc) is 2.71. The molecule has 1 aromatic heterocycles. The molecule has 5 nitrogen and oxygen atoms in total. The van der Waals surface area contributed by atoms with Crippen LogP contribution < -0.4 is 4.74 Å². The van der Waals surface area contributed by atoms with Crippen molar-refractivity contribution in [1.29, 1.82) is 0 Å². The van der Waals surface area contributed by atoms with Crippen LogP contribution in [0.4, 0.5) is 0 Å². The van der Waals surface area contributed by atoms with Crippen molar-refractivity contribution >= 4 is 0 Å². The normalized spacial score (nSPS) is 11.0. The number of nitrogens with zero attached hydrogens (tertiary/aromatic N) is 4. The van der Waals surface area contributed by atoms with Gasteiger partial charge in [-0.15, -0.1) is 10.2 Å². The van der Waals surface area contributed by atoms with Gasteiger partial charge in [-0.3, -0.25) is 4.90 Å². The van der Waals surface area contributed by atoms with Gasteiger partial charge in [0.05, 0.1) is 13.7 Å². The lowest BCUT2D eigenvalue weighted by molar-refractivity contribution is 0.299. The molecule has 0 radical (unpaired) electrons. The molecule has 0 aliphatic heterocycles. The second kappa shape index (κ2) is 5.84. The van der Waals surface area contributed by atoms with E-state index >= 15 is 0 Å². The third-order valence-corrected chi connectivity index (χ3v) is 3.23. The van der Waals surface area contributed by atoms with Crippen LogP contribution in [0.2, 0.25) is 0 Å². The number of ether oxygens (including phenoxy) is 1. The Bertz CT molecular complexity index is 550. The number of hydrogen-bond acceptors (Lipinski definition) is 4. The SMILES string of the molecule is COc1ccccc1CN(C)Cc1nnc(C)n1C. The number of rotatable bonds is 5. The van der Waals surface area contributed by atoms with Crippen LogP contribution in [0.1, 0.15) is 17.2 Å². The van der Waals surface area contributed by atoms with Gasteiger partial charge >= 0.3 is 0 Å². The molecule has 0 amide bonds. The van der Waals surface area contributed by atoms with Crippen molar-refractivity contribution in [2.45, 2.75) is 20.0 Å². The number of hydrogen-bond donors (Lipinski definition) is 0. The maximum Gasteiger partial charge on any atom is 0.146 e. The number of aromatic nitrogens is 3. The van der Waals surface area contributed by atoms with E-state index in [1.807, 2.05) is 36.7 Å². The van der Waals surface area contributed by atoms with Crippen molar-refractivity contribution in [3.63, 3.8) is 0 Å². The Labute approximate surface area is 113 Å². The van der Waals surface area contributed by atoms with E-state index in [9.17, 15) is 0 Å². The lowest BCUT2D eigenvalue weighted by Crippen LogP contribution is -2.20. The molecule has 0 aliphatic carbocycles. The number of aryl methyl sites for hydroxylation is 1. The molecular weight excluding hydrogens is 240 g/mol. The molecule has 0 spiro atoms. The maximum absolute atomic E-state index is 5.36. The molecule has 0 N–H and O–H groups in total. The average molecular weight is 260 g/mol. The van der Waals surface area contributed by atoms with Gasteiger partial charge in [0.15, 0.2) is 0 Å². The molecule has 0 unspecified atom stereocenters. The van der Waals surface area contributed by atoms with Crippen molar-refractivity contribution in [3.8, 4) is 5.75 Å². The Kier molecular flexibility index (Phi) is 4.16. The molecule has 0 atom stereocenters. The smallest absolute Gasteiger partial charge is 0.146 e. The van der Waals surface area contributed by atoms with E-state index < -0.39 is 0 Å². The zero-order valence-electron chi connectivity index (χ0n) is 11.9. The van der Waals surface area contributed by atoms with Gasteiger partial charge in [0.2, 0.25) is 0 Å². The standard InChI is InChI=1S/C14H20N4O/c1-11-15-16-14(18(11)3)10-17(2)9-12-7-5-6-8-13(12)19-4/h5-8H,9-10H2,1-4H3. The fourth-order valence-corrected chi connectivity index (χ4v) is 2.01. The van der Waals surface area contributed by atoms with Gasteiger partial charge in [-0.2, -0.15) is 0 Å². The van der Waals surface area contributed by atoms with Gasteiger partial charge in [-0.05, 0) is 20.0 Å². The van der Waals surface area contributed by atoms with E-state index in [-0.39, 0.29) is 0 Å². The summed E-state index contributed by atoms with van der Waals surface area (Å²) in [4.78, 5) is 2.20. The van der Waals surface area contributed by atoms with Crippen LogP contribution in [-0.2, 0) is 20.1 Å². The van der Waals surface area contributed by atoms with E-state index in [0.29, 0.717) is 0 Å². The summed E-state index contributed by atoms with van der Waals surface area (Å²) in [6.45, 7) is 3.53. The Morgan fingerprint density at radius 2 is 1.95 bits per heavy atom. The van der Waals surface area contributed by atoms with Crippen LogP contribution in [0.3, 0.4) is 0 Å². The van der Waals surface area contributed by atoms with Crippen molar-refractivity contribution in [3.05, 3.63) is 41.5 Å². The van der Waals surface area contributed by atoms with Crippen LogP contribution in [-0.4, -0.2) is 33.8 Å². The summed E-state index contributed by atoms with van der Waals surface area (Å²) < 4.78 is 7.38. The summed E-state index contributed by atoms with van der Waals surface area (Å²) in [5.41, 5.74) is 1.17. The van der Waals surface area contributed by atoms with E-state index in [1.54, 1.807) is 7.11 Å². The Morgan fingerprint density at radius 3 is 2.58 bits per heavy atom. The minimum atomic E-state index is 0.759. The Balaban J connectivity index is 2.05. The molecule has 0 fully saturated rings. The van der Waals surface area contributed by atoms with E-state index in [0.717, 1.165) is 30.5 Å². The summed E-state index contributed by atoms with van der Waals surface area (Å²) in [7, 11) is 5.75. The van der Waals surface area contributed by atoms with E-state index in [1.165, 1.54) is 5.56 Å². The molecule has 0 saturated carbocycles. The minimum Gasteiger partial charge on any atom is -0.496 e. The highest BCUT2D eigenvalue weighted by atomic mass is 16.5. The first-order chi connectivity index (χ1) is 9.11. The Morgan fingerprint density at radius 1 is 1.21 bits per heavy atom. The highest BCUT2D eigenvalue weighted by Crippen LogP contribution is 2.19. The van der Waals surface area contributed by atoms with Crippen LogP contribution in [0.5, 0.6) is 5.75 Å². The number of para-hydroxylation sites is 1. The van der Waals surface area contributed by atoms with Gasteiger partial charge in [0, 0.05) is 19.2 Å². The lowest BCUT2D eigenvalue weighted by Gasteiger charge is -2.17. The number of benzene rings is 1. The molecule has 0 aliphatic rings. The minimum absolute atomic E-state index is 0.759. The topological polar surface area (TPSA) is 43.2 Å². The summed E-state index contributed by atoms with van der Waals surface area (Å²) in [6, 6.07) is 8.07. The van der Waals surface area contributed by atoms with Gasteiger partial charge in [0.1, 0.15) is 17.4 Å². The molecule has 19 heavy (non-hydrogen) atoms. The van der Waals surface area contributed by atoms with Crippen molar-refractivity contribution in [1.82, 2.24) is 19.7 Å². The maximum atomic E-state index is 5.36. The highest BCUT2D eigenvalue weighted by Gasteiger charge is 2.10. The van der Waals surface area contributed by atoms with E-state index in [2.05, 4.69) is 28.2 Å². The van der Waals surface area contributed by atoms with Crippen LogP contribution in [0.15, 0.2) is 24.3 Å². The van der Waals surface area contributed by atoms with Gasteiger partial charge in [-0.1, -0.05) is 18.2 Å². The third kappa shape index (κ3) is 3.12. The molecule has 2 rings (SSSR count). The monoisotopic (exact) mass is 260 g/mol. The molecule has 1 aromatic carbocycles. The predicted molar refractivity (Wildman–Crippen MR) is 73.9 cm³/mol. The van der Waals surface area contributed by atoms with Gasteiger partial charge < -0.3 is 9.30 Å². The highest BCUT2D eigenvalue weighted by molar-refractivity contribution is 5.33. The molecule has 0 saturated heterocycles.